The first kappa shape index (κ1) is 29.1. The van der Waals surface area contributed by atoms with Crippen molar-refractivity contribution in [1.82, 2.24) is 16.0 Å². The van der Waals surface area contributed by atoms with Crippen molar-refractivity contribution in [2.75, 3.05) is 6.54 Å². The highest BCUT2D eigenvalue weighted by molar-refractivity contribution is 5.93. The van der Waals surface area contributed by atoms with Gasteiger partial charge in [0.05, 0.1) is 0 Å². The number of nitrogens with zero attached hydrogens (tertiary/aromatic N) is 1. The number of nitrogens with one attached hydrogen (secondary N) is 3. The molecule has 32 heavy (non-hydrogen) atoms. The highest BCUT2D eigenvalue weighted by Gasteiger charge is 2.26. The SMILES string of the molecule is CCCCCC(=O)N[C@@H](CCCN=C(N)N)C(=O)N[C@@H](C)C(=O)N[C@@H](CCCC)C(N)=O. The van der Waals surface area contributed by atoms with Gasteiger partial charge in [-0.15, -0.1) is 0 Å². The molecule has 0 bridgehead atoms. The first-order chi connectivity index (χ1) is 15.1. The van der Waals surface area contributed by atoms with Crippen LogP contribution in [0.1, 0.15) is 78.6 Å². The zero-order valence-corrected chi connectivity index (χ0v) is 19.6. The van der Waals surface area contributed by atoms with E-state index in [0.717, 1.165) is 32.1 Å². The number of hydrogen-bond acceptors (Lipinski definition) is 5. The number of guanidine groups is 1. The van der Waals surface area contributed by atoms with Crippen molar-refractivity contribution in [2.24, 2.45) is 22.2 Å². The van der Waals surface area contributed by atoms with Gasteiger partial charge in [-0.3, -0.25) is 24.2 Å². The second kappa shape index (κ2) is 16.8. The molecule has 0 aliphatic rings. The average Bonchev–Trinajstić information content (AvgIpc) is 2.72. The smallest absolute Gasteiger partial charge is 0.243 e. The van der Waals surface area contributed by atoms with E-state index >= 15 is 0 Å². The minimum atomic E-state index is -0.914. The Labute approximate surface area is 190 Å². The maximum absolute atomic E-state index is 12.8. The molecule has 0 radical (unpaired) electrons. The molecule has 0 spiro atoms. The van der Waals surface area contributed by atoms with Gasteiger partial charge in [-0.25, -0.2) is 0 Å². The van der Waals surface area contributed by atoms with E-state index in [0.29, 0.717) is 32.2 Å². The maximum atomic E-state index is 12.8. The summed E-state index contributed by atoms with van der Waals surface area (Å²) in [7, 11) is 0. The van der Waals surface area contributed by atoms with E-state index in [4.69, 9.17) is 17.2 Å². The lowest BCUT2D eigenvalue weighted by molar-refractivity contribution is -0.133. The Bertz CT molecular complexity index is 636. The molecule has 11 heteroatoms. The van der Waals surface area contributed by atoms with E-state index in [2.05, 4.69) is 20.9 Å². The van der Waals surface area contributed by atoms with Gasteiger partial charge < -0.3 is 33.2 Å². The minimum Gasteiger partial charge on any atom is -0.370 e. The topological polar surface area (TPSA) is 195 Å². The first-order valence-electron chi connectivity index (χ1n) is 11.4. The van der Waals surface area contributed by atoms with E-state index in [-0.39, 0.29) is 11.9 Å². The van der Waals surface area contributed by atoms with Crippen molar-refractivity contribution >= 4 is 29.6 Å². The van der Waals surface area contributed by atoms with Crippen molar-refractivity contribution in [3.05, 3.63) is 0 Å². The molecule has 0 heterocycles. The predicted octanol–water partition coefficient (Wildman–Crippen LogP) is -0.230. The van der Waals surface area contributed by atoms with Crippen molar-refractivity contribution < 1.29 is 19.2 Å². The standard InChI is InChI=1S/C21H41N7O4/c1-4-6-8-12-17(29)27-16(11-9-13-25-21(23)24)20(32)26-14(3)19(31)28-15(18(22)30)10-7-5-2/h14-16H,4-13H2,1-3H3,(H2,22,30)(H,26,32)(H,27,29)(H,28,31)(H4,23,24,25)/t14-,15-,16-/m0/s1. The number of carbonyl (C=O) groups is 4. The highest BCUT2D eigenvalue weighted by atomic mass is 16.2. The number of unbranched alkanes of at least 4 members (excludes halogenated alkanes) is 3. The van der Waals surface area contributed by atoms with E-state index in [9.17, 15) is 19.2 Å². The largest absolute Gasteiger partial charge is 0.370 e. The Morgan fingerprint density at radius 2 is 1.41 bits per heavy atom. The van der Waals surface area contributed by atoms with Crippen LogP contribution in [0.4, 0.5) is 0 Å². The van der Waals surface area contributed by atoms with Crippen LogP contribution >= 0.6 is 0 Å². The fourth-order valence-electron chi connectivity index (χ4n) is 2.94. The van der Waals surface area contributed by atoms with Gasteiger partial charge in [0.1, 0.15) is 18.1 Å². The minimum absolute atomic E-state index is 0.0491. The average molecular weight is 456 g/mol. The van der Waals surface area contributed by atoms with E-state index < -0.39 is 35.8 Å². The second-order valence-corrected chi connectivity index (χ2v) is 7.86. The molecule has 0 saturated carbocycles. The zero-order chi connectivity index (χ0) is 24.5. The van der Waals surface area contributed by atoms with Gasteiger partial charge in [-0.1, -0.05) is 39.5 Å². The lowest BCUT2D eigenvalue weighted by atomic mass is 10.1. The van der Waals surface area contributed by atoms with Crippen LogP contribution in [0.15, 0.2) is 4.99 Å². The third-order valence-electron chi connectivity index (χ3n) is 4.86. The van der Waals surface area contributed by atoms with E-state index in [1.165, 1.54) is 6.92 Å². The molecule has 0 aromatic heterocycles. The summed E-state index contributed by atoms with van der Waals surface area (Å²) < 4.78 is 0. The van der Waals surface area contributed by atoms with Crippen LogP contribution in [0.2, 0.25) is 0 Å². The van der Waals surface area contributed by atoms with Gasteiger partial charge in [0.25, 0.3) is 0 Å². The third kappa shape index (κ3) is 13.5. The maximum Gasteiger partial charge on any atom is 0.243 e. The quantitative estimate of drug-likeness (QED) is 0.0995. The number of primary amides is 1. The van der Waals surface area contributed by atoms with Crippen LogP contribution in [-0.4, -0.2) is 54.3 Å². The molecule has 11 nitrogen and oxygen atoms in total. The predicted molar refractivity (Wildman–Crippen MR) is 124 cm³/mol. The van der Waals surface area contributed by atoms with Crippen molar-refractivity contribution in [1.29, 1.82) is 0 Å². The van der Waals surface area contributed by atoms with Crippen LogP contribution in [0.3, 0.4) is 0 Å². The molecule has 0 rings (SSSR count). The van der Waals surface area contributed by atoms with E-state index in [1.807, 2.05) is 13.8 Å². The molecule has 3 atom stereocenters. The van der Waals surface area contributed by atoms with Gasteiger partial charge >= 0.3 is 0 Å². The van der Waals surface area contributed by atoms with Crippen LogP contribution in [0, 0.1) is 0 Å². The normalized spacial score (nSPS) is 13.3. The Balaban J connectivity index is 4.98. The number of aliphatic imine (C=N–C) groups is 1. The number of carbonyl (C=O) groups excluding carboxylic acids is 4. The molecular formula is C21H41N7O4. The van der Waals surface area contributed by atoms with Gasteiger partial charge in [-0.05, 0) is 32.6 Å². The summed E-state index contributed by atoms with van der Waals surface area (Å²) in [5.74, 6) is -1.92. The number of rotatable bonds is 17. The van der Waals surface area contributed by atoms with Crippen LogP contribution in [0.25, 0.3) is 0 Å². The Hall–Kier alpha value is -2.85. The lowest BCUT2D eigenvalue weighted by Crippen LogP contribution is -2.55. The monoisotopic (exact) mass is 455 g/mol. The summed E-state index contributed by atoms with van der Waals surface area (Å²) in [5, 5.41) is 7.90. The molecular weight excluding hydrogens is 414 g/mol. The molecule has 0 aliphatic carbocycles. The molecule has 0 fully saturated rings. The Morgan fingerprint density at radius 3 is 1.97 bits per heavy atom. The molecule has 184 valence electrons. The number of amides is 4. The first-order valence-corrected chi connectivity index (χ1v) is 11.4. The number of hydrogen-bond donors (Lipinski definition) is 6. The van der Waals surface area contributed by atoms with Crippen molar-refractivity contribution in [3.8, 4) is 0 Å². The fraction of sp³-hybridized carbons (Fsp3) is 0.762. The lowest BCUT2D eigenvalue weighted by Gasteiger charge is -2.22. The number of nitrogens with two attached hydrogens (primary N) is 3. The van der Waals surface area contributed by atoms with E-state index in [1.54, 1.807) is 0 Å². The molecule has 9 N–H and O–H groups in total. The fourth-order valence-corrected chi connectivity index (χ4v) is 2.94. The van der Waals surface area contributed by atoms with Gasteiger partial charge in [0.15, 0.2) is 5.96 Å². The summed E-state index contributed by atoms with van der Waals surface area (Å²) >= 11 is 0. The molecule has 0 saturated heterocycles. The third-order valence-corrected chi connectivity index (χ3v) is 4.86. The van der Waals surface area contributed by atoms with Gasteiger partial charge in [-0.2, -0.15) is 0 Å². The summed E-state index contributed by atoms with van der Waals surface area (Å²) in [6.07, 6.45) is 5.73. The molecule has 0 unspecified atom stereocenters. The molecule has 0 aromatic rings. The Kier molecular flexibility index (Phi) is 15.3. The molecule has 0 aliphatic heterocycles. The van der Waals surface area contributed by atoms with Gasteiger partial charge in [0, 0.05) is 13.0 Å². The molecule has 0 aromatic carbocycles. The zero-order valence-electron chi connectivity index (χ0n) is 19.6. The van der Waals surface area contributed by atoms with Crippen molar-refractivity contribution in [3.63, 3.8) is 0 Å². The summed E-state index contributed by atoms with van der Waals surface area (Å²) in [6, 6.07) is -2.54. The van der Waals surface area contributed by atoms with Crippen LogP contribution in [0.5, 0.6) is 0 Å². The highest BCUT2D eigenvalue weighted by Crippen LogP contribution is 2.04. The molecule has 4 amide bonds. The summed E-state index contributed by atoms with van der Waals surface area (Å²) in [5.41, 5.74) is 16.0. The van der Waals surface area contributed by atoms with Crippen molar-refractivity contribution in [2.45, 2.75) is 96.7 Å². The second-order valence-electron chi connectivity index (χ2n) is 7.86. The summed E-state index contributed by atoms with van der Waals surface area (Å²) in [4.78, 5) is 52.9. The van der Waals surface area contributed by atoms with Crippen LogP contribution in [-0.2, 0) is 19.2 Å². The Morgan fingerprint density at radius 1 is 0.781 bits per heavy atom. The van der Waals surface area contributed by atoms with Crippen LogP contribution < -0.4 is 33.2 Å². The van der Waals surface area contributed by atoms with Gasteiger partial charge in [0.2, 0.25) is 23.6 Å². The summed E-state index contributed by atoms with van der Waals surface area (Å²) in [6.45, 7) is 5.82.